The maximum atomic E-state index is 6.92. The standard InChI is InChI=1S/C40H42N4O/c1-22-11-14-26-25(17-22)19-29-33-32-27(15-16-41-33)28-18-24(35-42-36(39(5,6)7)44-37(43-35)40(8,9)10)13-12-23(28)20-31(32)45-34(29)30(26)21-38(2,3)4/h11-20H,21H2,1-10H3. The van der Waals surface area contributed by atoms with Gasteiger partial charge in [0.25, 0.3) is 0 Å². The Bertz CT molecular complexity index is 2140. The number of hydrogen-bond donors (Lipinski definition) is 0. The molecule has 1 aliphatic rings. The van der Waals surface area contributed by atoms with Crippen molar-refractivity contribution in [1.29, 1.82) is 0 Å². The molecule has 0 atom stereocenters. The molecule has 5 nitrogen and oxygen atoms in total. The molecule has 0 saturated heterocycles. The fourth-order valence-electron chi connectivity index (χ4n) is 6.35. The van der Waals surface area contributed by atoms with E-state index in [1.807, 2.05) is 6.20 Å². The third-order valence-corrected chi connectivity index (χ3v) is 8.59. The first-order valence-electron chi connectivity index (χ1n) is 15.9. The molecule has 6 aromatic rings. The predicted octanol–water partition coefficient (Wildman–Crippen LogP) is 10.7. The smallest absolute Gasteiger partial charge is 0.163 e. The molecule has 0 radical (unpaired) electrons. The Morgan fingerprint density at radius 1 is 0.667 bits per heavy atom. The molecular weight excluding hydrogens is 552 g/mol. The second-order valence-electron chi connectivity index (χ2n) is 16.0. The minimum absolute atomic E-state index is 0.0878. The zero-order chi connectivity index (χ0) is 32.1. The Balaban J connectivity index is 1.48. The maximum absolute atomic E-state index is 6.92. The highest BCUT2D eigenvalue weighted by atomic mass is 16.5. The summed E-state index contributed by atoms with van der Waals surface area (Å²) in [7, 11) is 0. The number of aromatic nitrogens is 4. The van der Waals surface area contributed by atoms with Gasteiger partial charge in [-0.1, -0.05) is 98.2 Å². The molecule has 0 bridgehead atoms. The maximum Gasteiger partial charge on any atom is 0.163 e. The molecule has 2 aromatic heterocycles. The fourth-order valence-corrected chi connectivity index (χ4v) is 6.35. The van der Waals surface area contributed by atoms with Crippen molar-refractivity contribution >= 4 is 32.3 Å². The highest BCUT2D eigenvalue weighted by molar-refractivity contribution is 6.17. The van der Waals surface area contributed by atoms with E-state index in [0.717, 1.165) is 67.9 Å². The minimum atomic E-state index is -0.201. The second kappa shape index (κ2) is 9.81. The largest absolute Gasteiger partial charge is 0.456 e. The van der Waals surface area contributed by atoms with Gasteiger partial charge in [-0.3, -0.25) is 4.98 Å². The number of ether oxygens (including phenoxy) is 1. The van der Waals surface area contributed by atoms with Crippen molar-refractivity contribution in [3.05, 3.63) is 83.6 Å². The van der Waals surface area contributed by atoms with E-state index in [9.17, 15) is 0 Å². The van der Waals surface area contributed by atoms with E-state index in [4.69, 9.17) is 24.7 Å². The van der Waals surface area contributed by atoms with Crippen molar-refractivity contribution in [2.75, 3.05) is 0 Å². The Hall–Kier alpha value is -4.38. The number of pyridine rings is 1. The van der Waals surface area contributed by atoms with Crippen molar-refractivity contribution in [3.8, 4) is 34.1 Å². The summed E-state index contributed by atoms with van der Waals surface area (Å²) in [5.41, 5.74) is 5.18. The first kappa shape index (κ1) is 29.3. The molecule has 4 aromatic carbocycles. The Labute approximate surface area is 266 Å². The van der Waals surface area contributed by atoms with Gasteiger partial charge < -0.3 is 4.74 Å². The Morgan fingerprint density at radius 2 is 1.38 bits per heavy atom. The van der Waals surface area contributed by atoms with Crippen molar-refractivity contribution in [2.24, 2.45) is 5.41 Å². The van der Waals surface area contributed by atoms with Crippen LogP contribution in [0.3, 0.4) is 0 Å². The van der Waals surface area contributed by atoms with E-state index in [1.165, 1.54) is 21.9 Å². The van der Waals surface area contributed by atoms with Gasteiger partial charge in [0.2, 0.25) is 0 Å². The van der Waals surface area contributed by atoms with Crippen molar-refractivity contribution in [1.82, 2.24) is 19.9 Å². The number of aryl methyl sites for hydroxylation is 1. The molecule has 0 spiro atoms. The predicted molar refractivity (Wildman–Crippen MR) is 186 cm³/mol. The molecule has 5 heteroatoms. The van der Waals surface area contributed by atoms with Gasteiger partial charge in [0.05, 0.1) is 11.1 Å². The molecule has 0 N–H and O–H groups in total. The van der Waals surface area contributed by atoms with Gasteiger partial charge in [0.1, 0.15) is 23.1 Å². The van der Waals surface area contributed by atoms with Crippen LogP contribution in [0, 0.1) is 12.3 Å². The Kier molecular flexibility index (Phi) is 6.39. The van der Waals surface area contributed by atoms with Gasteiger partial charge in [-0.05, 0) is 70.0 Å². The molecular formula is C40H42N4O. The number of fused-ring (bicyclic) bond motifs is 5. The fraction of sp³-hybridized carbons (Fsp3) is 0.350. The SMILES string of the molecule is Cc1ccc2c(CC(C)(C)C)c3c(cc2c1)-c1nccc2c1c(cc1ccc(-c4nc(C(C)(C)C)nc(C(C)(C)C)n4)cc12)O3. The van der Waals surface area contributed by atoms with Gasteiger partial charge >= 0.3 is 0 Å². The van der Waals surface area contributed by atoms with Gasteiger partial charge in [-0.2, -0.15) is 0 Å². The van der Waals surface area contributed by atoms with E-state index in [2.05, 4.69) is 124 Å². The summed E-state index contributed by atoms with van der Waals surface area (Å²) in [6.07, 6.45) is 2.84. The zero-order valence-corrected chi connectivity index (χ0v) is 28.2. The molecule has 228 valence electrons. The van der Waals surface area contributed by atoms with E-state index < -0.39 is 0 Å². The van der Waals surface area contributed by atoms with Crippen LogP contribution in [0.15, 0.2) is 60.8 Å². The van der Waals surface area contributed by atoms with Crippen LogP contribution < -0.4 is 4.74 Å². The zero-order valence-electron chi connectivity index (χ0n) is 28.2. The van der Waals surface area contributed by atoms with Crippen LogP contribution >= 0.6 is 0 Å². The van der Waals surface area contributed by atoms with Crippen LogP contribution in [-0.2, 0) is 17.3 Å². The number of hydrogen-bond acceptors (Lipinski definition) is 5. The highest BCUT2D eigenvalue weighted by Gasteiger charge is 2.29. The molecule has 45 heavy (non-hydrogen) atoms. The van der Waals surface area contributed by atoms with Crippen LogP contribution in [0.4, 0.5) is 0 Å². The van der Waals surface area contributed by atoms with Crippen LogP contribution in [0.25, 0.3) is 55.0 Å². The molecule has 0 unspecified atom stereocenters. The van der Waals surface area contributed by atoms with Crippen molar-refractivity contribution < 1.29 is 4.74 Å². The number of benzene rings is 4. The monoisotopic (exact) mass is 594 g/mol. The summed E-state index contributed by atoms with van der Waals surface area (Å²) in [6, 6.07) is 19.8. The summed E-state index contributed by atoms with van der Waals surface area (Å²) in [5, 5.41) is 6.87. The van der Waals surface area contributed by atoms with Gasteiger partial charge in [0.15, 0.2) is 5.82 Å². The lowest BCUT2D eigenvalue weighted by Crippen LogP contribution is -2.24. The molecule has 0 aliphatic carbocycles. The Morgan fingerprint density at radius 3 is 2.04 bits per heavy atom. The number of nitrogens with zero attached hydrogens (tertiary/aromatic N) is 4. The average Bonchev–Trinajstić information content (AvgIpc) is 2.95. The lowest BCUT2D eigenvalue weighted by molar-refractivity contribution is 0.400. The summed E-state index contributed by atoms with van der Waals surface area (Å²) in [6.45, 7) is 21.9. The van der Waals surface area contributed by atoms with Crippen LogP contribution in [-0.4, -0.2) is 19.9 Å². The van der Waals surface area contributed by atoms with E-state index >= 15 is 0 Å². The number of rotatable bonds is 2. The quantitative estimate of drug-likeness (QED) is 0.186. The van der Waals surface area contributed by atoms with Crippen molar-refractivity contribution in [2.45, 2.75) is 86.5 Å². The summed E-state index contributed by atoms with van der Waals surface area (Å²) < 4.78 is 6.92. The summed E-state index contributed by atoms with van der Waals surface area (Å²) in [5.74, 6) is 4.09. The average molecular weight is 595 g/mol. The van der Waals surface area contributed by atoms with Gasteiger partial charge in [-0.15, -0.1) is 0 Å². The topological polar surface area (TPSA) is 60.8 Å². The molecule has 1 aliphatic heterocycles. The molecule has 0 amide bonds. The van der Waals surface area contributed by atoms with Crippen LogP contribution in [0.2, 0.25) is 0 Å². The first-order chi connectivity index (χ1) is 21.1. The molecule has 3 heterocycles. The molecule has 7 rings (SSSR count). The third-order valence-electron chi connectivity index (χ3n) is 8.59. The molecule has 0 saturated carbocycles. The van der Waals surface area contributed by atoms with E-state index in [-0.39, 0.29) is 16.2 Å². The summed E-state index contributed by atoms with van der Waals surface area (Å²) in [4.78, 5) is 19.8. The third kappa shape index (κ3) is 5.12. The van der Waals surface area contributed by atoms with E-state index in [0.29, 0.717) is 5.82 Å². The summed E-state index contributed by atoms with van der Waals surface area (Å²) >= 11 is 0. The highest BCUT2D eigenvalue weighted by Crippen LogP contribution is 2.51. The van der Waals surface area contributed by atoms with Gasteiger partial charge in [0, 0.05) is 33.7 Å². The van der Waals surface area contributed by atoms with Crippen molar-refractivity contribution in [3.63, 3.8) is 0 Å². The molecule has 0 fully saturated rings. The van der Waals surface area contributed by atoms with E-state index in [1.54, 1.807) is 0 Å². The first-order valence-corrected chi connectivity index (χ1v) is 15.9. The second-order valence-corrected chi connectivity index (χ2v) is 16.0. The normalized spacial score (nSPS) is 13.4. The minimum Gasteiger partial charge on any atom is -0.456 e. The van der Waals surface area contributed by atoms with Crippen LogP contribution in [0.1, 0.15) is 85.1 Å². The lowest BCUT2D eigenvalue weighted by atomic mass is 9.83. The lowest BCUT2D eigenvalue weighted by Gasteiger charge is -2.28. The van der Waals surface area contributed by atoms with Crippen LogP contribution in [0.5, 0.6) is 11.5 Å². The van der Waals surface area contributed by atoms with Gasteiger partial charge in [-0.25, -0.2) is 15.0 Å².